The third-order valence-corrected chi connectivity index (χ3v) is 7.41. The summed E-state index contributed by atoms with van der Waals surface area (Å²) in [6, 6.07) is 14.9. The van der Waals surface area contributed by atoms with Crippen molar-refractivity contribution in [3.63, 3.8) is 0 Å². The standard InChI is InChI=1S/C26H33ClN2O3S/c1-19(26(31)28-22-9-4-3-5-10-22)29(16-20-12-14-23(32-2)15-13-20)25(30)18-33-17-21-8-6-7-11-24(21)27/h6-8,11-15,19,22H,3-5,9-10,16-18H2,1-2H3,(H,28,31)/t19-/m1/s1. The first-order valence-corrected chi connectivity index (χ1v) is 13.0. The van der Waals surface area contributed by atoms with Crippen LogP contribution in [-0.4, -0.2) is 41.7 Å². The van der Waals surface area contributed by atoms with Gasteiger partial charge in [0, 0.05) is 23.4 Å². The van der Waals surface area contributed by atoms with Crippen LogP contribution < -0.4 is 10.1 Å². The van der Waals surface area contributed by atoms with Crippen molar-refractivity contribution in [3.05, 3.63) is 64.7 Å². The van der Waals surface area contributed by atoms with Crippen molar-refractivity contribution in [3.8, 4) is 5.75 Å². The molecule has 1 atom stereocenters. The van der Waals surface area contributed by atoms with E-state index in [1.807, 2.05) is 55.5 Å². The summed E-state index contributed by atoms with van der Waals surface area (Å²) in [5.41, 5.74) is 1.96. The molecule has 0 heterocycles. The zero-order chi connectivity index (χ0) is 23.6. The van der Waals surface area contributed by atoms with E-state index in [9.17, 15) is 9.59 Å². The summed E-state index contributed by atoms with van der Waals surface area (Å²) in [6.07, 6.45) is 5.54. The van der Waals surface area contributed by atoms with Crippen LogP contribution in [0.5, 0.6) is 5.75 Å². The second-order valence-corrected chi connectivity index (χ2v) is 9.87. The molecule has 2 aromatic carbocycles. The van der Waals surface area contributed by atoms with Gasteiger partial charge in [0.2, 0.25) is 11.8 Å². The first-order chi connectivity index (χ1) is 16.0. The van der Waals surface area contributed by atoms with Crippen LogP contribution >= 0.6 is 23.4 Å². The number of hydrogen-bond acceptors (Lipinski definition) is 4. The maximum Gasteiger partial charge on any atom is 0.242 e. The van der Waals surface area contributed by atoms with E-state index >= 15 is 0 Å². The van der Waals surface area contributed by atoms with Crippen LogP contribution in [0.1, 0.15) is 50.2 Å². The minimum absolute atomic E-state index is 0.0610. The molecule has 1 saturated carbocycles. The summed E-state index contributed by atoms with van der Waals surface area (Å²) in [7, 11) is 1.62. The molecule has 0 saturated heterocycles. The zero-order valence-corrected chi connectivity index (χ0v) is 21.0. The number of rotatable bonds is 10. The normalized spacial score (nSPS) is 15.0. The van der Waals surface area contributed by atoms with Gasteiger partial charge in [0.15, 0.2) is 0 Å². The van der Waals surface area contributed by atoms with Crippen LogP contribution in [0.3, 0.4) is 0 Å². The molecule has 1 fully saturated rings. The van der Waals surface area contributed by atoms with Gasteiger partial charge in [-0.2, -0.15) is 0 Å². The summed E-state index contributed by atoms with van der Waals surface area (Å²) in [5, 5.41) is 3.87. The van der Waals surface area contributed by atoms with Gasteiger partial charge in [-0.25, -0.2) is 0 Å². The molecule has 178 valence electrons. The van der Waals surface area contributed by atoms with Crippen molar-refractivity contribution in [1.82, 2.24) is 10.2 Å². The first kappa shape index (κ1) is 25.4. The number of hydrogen-bond donors (Lipinski definition) is 1. The molecular weight excluding hydrogens is 456 g/mol. The average molecular weight is 489 g/mol. The Bertz CT molecular complexity index is 916. The molecule has 3 rings (SSSR count). The number of ether oxygens (including phenoxy) is 1. The Labute approximate surface area is 206 Å². The van der Waals surface area contributed by atoms with Gasteiger partial charge < -0.3 is 15.0 Å². The molecule has 1 N–H and O–H groups in total. The first-order valence-electron chi connectivity index (χ1n) is 11.5. The lowest BCUT2D eigenvalue weighted by Crippen LogP contribution is -2.50. The minimum atomic E-state index is -0.553. The van der Waals surface area contributed by atoms with Crippen LogP contribution in [0.2, 0.25) is 5.02 Å². The van der Waals surface area contributed by atoms with Gasteiger partial charge in [0.05, 0.1) is 12.9 Å². The van der Waals surface area contributed by atoms with Gasteiger partial charge in [0.25, 0.3) is 0 Å². The topological polar surface area (TPSA) is 58.6 Å². The van der Waals surface area contributed by atoms with Crippen molar-refractivity contribution < 1.29 is 14.3 Å². The van der Waals surface area contributed by atoms with Crippen LogP contribution in [-0.2, 0) is 21.9 Å². The highest BCUT2D eigenvalue weighted by Crippen LogP contribution is 2.22. The number of thioether (sulfide) groups is 1. The highest BCUT2D eigenvalue weighted by molar-refractivity contribution is 7.99. The maximum atomic E-state index is 13.3. The molecule has 5 nitrogen and oxygen atoms in total. The molecule has 7 heteroatoms. The molecule has 0 unspecified atom stereocenters. The molecule has 33 heavy (non-hydrogen) atoms. The second kappa shape index (κ2) is 12.9. The number of benzene rings is 2. The second-order valence-electron chi connectivity index (χ2n) is 8.47. The molecule has 2 amide bonds. The van der Waals surface area contributed by atoms with E-state index in [0.717, 1.165) is 42.6 Å². The van der Waals surface area contributed by atoms with Gasteiger partial charge in [-0.1, -0.05) is 61.2 Å². The fourth-order valence-electron chi connectivity index (χ4n) is 4.03. The highest BCUT2D eigenvalue weighted by atomic mass is 35.5. The highest BCUT2D eigenvalue weighted by Gasteiger charge is 2.28. The van der Waals surface area contributed by atoms with Crippen LogP contribution in [0.4, 0.5) is 0 Å². The Balaban J connectivity index is 1.66. The summed E-state index contributed by atoms with van der Waals surface area (Å²) in [4.78, 5) is 28.0. The van der Waals surface area contributed by atoms with Crippen molar-refractivity contribution in [2.75, 3.05) is 12.9 Å². The largest absolute Gasteiger partial charge is 0.497 e. The lowest BCUT2D eigenvalue weighted by molar-refractivity contribution is -0.139. The number of carbonyl (C=O) groups excluding carboxylic acids is 2. The monoisotopic (exact) mass is 488 g/mol. The smallest absolute Gasteiger partial charge is 0.242 e. The molecule has 0 aliphatic heterocycles. The summed E-state index contributed by atoms with van der Waals surface area (Å²) >= 11 is 7.76. The number of halogens is 1. The third-order valence-electron chi connectivity index (χ3n) is 6.07. The molecule has 1 aliphatic carbocycles. The van der Waals surface area contributed by atoms with Gasteiger partial charge in [-0.3, -0.25) is 9.59 Å². The van der Waals surface area contributed by atoms with E-state index in [2.05, 4.69) is 5.32 Å². The Morgan fingerprint density at radius 1 is 1.12 bits per heavy atom. The van der Waals surface area contributed by atoms with Crippen molar-refractivity contribution in [2.45, 2.75) is 63.4 Å². The molecular formula is C26H33ClN2O3S. The molecule has 0 bridgehead atoms. The third kappa shape index (κ3) is 7.68. The van der Waals surface area contributed by atoms with E-state index < -0.39 is 6.04 Å². The van der Waals surface area contributed by atoms with E-state index in [1.165, 1.54) is 18.2 Å². The maximum absolute atomic E-state index is 13.3. The lowest BCUT2D eigenvalue weighted by atomic mass is 9.95. The Morgan fingerprint density at radius 2 is 1.82 bits per heavy atom. The van der Waals surface area contributed by atoms with Gasteiger partial charge in [-0.15, -0.1) is 11.8 Å². The fraction of sp³-hybridized carbons (Fsp3) is 0.462. The number of methoxy groups -OCH3 is 1. The van der Waals surface area contributed by atoms with E-state index in [1.54, 1.807) is 12.0 Å². The van der Waals surface area contributed by atoms with E-state index in [4.69, 9.17) is 16.3 Å². The van der Waals surface area contributed by atoms with Crippen molar-refractivity contribution in [2.24, 2.45) is 0 Å². The predicted octanol–water partition coefficient (Wildman–Crippen LogP) is 5.45. The van der Waals surface area contributed by atoms with Crippen molar-refractivity contribution in [1.29, 1.82) is 0 Å². The summed E-state index contributed by atoms with van der Waals surface area (Å²) in [5.74, 6) is 1.54. The quantitative estimate of drug-likeness (QED) is 0.483. The Morgan fingerprint density at radius 3 is 2.48 bits per heavy atom. The summed E-state index contributed by atoms with van der Waals surface area (Å²) in [6.45, 7) is 2.19. The fourth-order valence-corrected chi connectivity index (χ4v) is 5.22. The summed E-state index contributed by atoms with van der Waals surface area (Å²) < 4.78 is 5.24. The SMILES string of the molecule is COc1ccc(CN(C(=O)CSCc2ccccc2Cl)[C@H](C)C(=O)NC2CCCCC2)cc1. The van der Waals surface area contributed by atoms with Crippen LogP contribution in [0.25, 0.3) is 0 Å². The molecule has 1 aliphatic rings. The van der Waals surface area contributed by atoms with Gasteiger partial charge in [-0.05, 0) is 49.1 Å². The molecule has 0 radical (unpaired) electrons. The van der Waals surface area contributed by atoms with E-state index in [0.29, 0.717) is 17.3 Å². The average Bonchev–Trinajstić information content (AvgIpc) is 2.84. The Hall–Kier alpha value is -2.18. The number of nitrogens with zero attached hydrogens (tertiary/aromatic N) is 1. The molecule has 0 aromatic heterocycles. The number of carbonyl (C=O) groups is 2. The number of amides is 2. The van der Waals surface area contributed by atoms with Crippen LogP contribution in [0, 0.1) is 0 Å². The van der Waals surface area contributed by atoms with Crippen LogP contribution in [0.15, 0.2) is 48.5 Å². The van der Waals surface area contributed by atoms with Gasteiger partial charge in [0.1, 0.15) is 11.8 Å². The minimum Gasteiger partial charge on any atom is -0.497 e. The lowest BCUT2D eigenvalue weighted by Gasteiger charge is -2.31. The Kier molecular flexibility index (Phi) is 9.95. The van der Waals surface area contributed by atoms with Crippen molar-refractivity contribution >= 4 is 35.2 Å². The van der Waals surface area contributed by atoms with E-state index in [-0.39, 0.29) is 23.6 Å². The molecule has 0 spiro atoms. The van der Waals surface area contributed by atoms with Gasteiger partial charge >= 0.3 is 0 Å². The predicted molar refractivity (Wildman–Crippen MR) is 136 cm³/mol. The zero-order valence-electron chi connectivity index (χ0n) is 19.4. The molecule has 2 aromatic rings. The number of nitrogens with one attached hydrogen (secondary N) is 1.